The van der Waals surface area contributed by atoms with Crippen molar-refractivity contribution in [2.24, 2.45) is 5.92 Å². The minimum absolute atomic E-state index is 0.164. The molecule has 1 amide bonds. The zero-order chi connectivity index (χ0) is 23.5. The SMILES string of the molecule is CCOC(=O)C1C(=O)N(CCOC)c2nc3ccccc3n2C1c1ccc(OC)c(OC)c1. The van der Waals surface area contributed by atoms with E-state index in [4.69, 9.17) is 23.9 Å². The van der Waals surface area contributed by atoms with Crippen LogP contribution >= 0.6 is 0 Å². The molecule has 3 aromatic rings. The van der Waals surface area contributed by atoms with Crippen molar-refractivity contribution in [2.75, 3.05) is 46.0 Å². The van der Waals surface area contributed by atoms with Crippen molar-refractivity contribution in [3.05, 3.63) is 48.0 Å². The molecule has 2 aromatic carbocycles. The molecule has 33 heavy (non-hydrogen) atoms. The highest BCUT2D eigenvalue weighted by Crippen LogP contribution is 2.43. The quantitative estimate of drug-likeness (QED) is 0.383. The summed E-state index contributed by atoms with van der Waals surface area (Å²) in [6, 6.07) is 12.3. The standard InChI is InChI=1S/C24H27N3O6/c1-5-33-23(29)20-21(15-10-11-18(31-3)19(14-15)32-4)27-17-9-7-6-8-16(17)25-24(27)26(22(20)28)12-13-30-2/h6-11,14,20-21H,5,12-13H2,1-4H3. The van der Waals surface area contributed by atoms with Gasteiger partial charge in [0.25, 0.3) is 0 Å². The van der Waals surface area contributed by atoms with Crippen molar-refractivity contribution in [2.45, 2.75) is 13.0 Å². The number of benzene rings is 2. The minimum atomic E-state index is -1.11. The van der Waals surface area contributed by atoms with Crippen LogP contribution in [0.1, 0.15) is 18.5 Å². The summed E-state index contributed by atoms with van der Waals surface area (Å²) in [5, 5.41) is 0. The van der Waals surface area contributed by atoms with Crippen molar-refractivity contribution < 1.29 is 28.5 Å². The van der Waals surface area contributed by atoms with E-state index >= 15 is 0 Å². The molecule has 0 fully saturated rings. The Hall–Kier alpha value is -3.59. The molecule has 0 aliphatic carbocycles. The van der Waals surface area contributed by atoms with Crippen LogP contribution in [-0.2, 0) is 19.1 Å². The first kappa shape index (κ1) is 22.6. The number of nitrogens with zero attached hydrogens (tertiary/aromatic N) is 3. The smallest absolute Gasteiger partial charge is 0.321 e. The number of aromatic nitrogens is 2. The number of para-hydroxylation sites is 2. The molecule has 1 aliphatic rings. The molecule has 174 valence electrons. The third-order valence-electron chi connectivity index (χ3n) is 5.75. The first-order chi connectivity index (χ1) is 16.0. The third kappa shape index (κ3) is 3.89. The Kier molecular flexibility index (Phi) is 6.50. The zero-order valence-electron chi connectivity index (χ0n) is 19.1. The molecule has 9 heteroatoms. The number of fused-ring (bicyclic) bond motifs is 3. The van der Waals surface area contributed by atoms with Gasteiger partial charge in [0.05, 0.1) is 51.1 Å². The molecule has 0 N–H and O–H groups in total. The number of esters is 1. The van der Waals surface area contributed by atoms with Crippen molar-refractivity contribution in [3.8, 4) is 11.5 Å². The second kappa shape index (κ2) is 9.50. The number of carbonyl (C=O) groups excluding carboxylic acids is 2. The monoisotopic (exact) mass is 453 g/mol. The van der Waals surface area contributed by atoms with Gasteiger partial charge in [0.15, 0.2) is 17.4 Å². The average molecular weight is 453 g/mol. The number of hydrogen-bond donors (Lipinski definition) is 0. The number of rotatable bonds is 8. The van der Waals surface area contributed by atoms with Gasteiger partial charge in [-0.05, 0) is 36.8 Å². The normalized spacial score (nSPS) is 17.7. The maximum atomic E-state index is 13.7. The van der Waals surface area contributed by atoms with E-state index in [-0.39, 0.29) is 19.1 Å². The summed E-state index contributed by atoms with van der Waals surface area (Å²) >= 11 is 0. The molecule has 1 aromatic heterocycles. The van der Waals surface area contributed by atoms with Crippen molar-refractivity contribution in [3.63, 3.8) is 0 Å². The number of imidazole rings is 1. The van der Waals surface area contributed by atoms with E-state index in [9.17, 15) is 9.59 Å². The lowest BCUT2D eigenvalue weighted by Crippen LogP contribution is -2.51. The first-order valence-electron chi connectivity index (χ1n) is 10.7. The average Bonchev–Trinajstić information content (AvgIpc) is 3.21. The van der Waals surface area contributed by atoms with Gasteiger partial charge in [-0.3, -0.25) is 14.5 Å². The highest BCUT2D eigenvalue weighted by molar-refractivity contribution is 6.08. The van der Waals surface area contributed by atoms with Gasteiger partial charge in [0, 0.05) is 7.11 Å². The van der Waals surface area contributed by atoms with Crippen molar-refractivity contribution >= 4 is 28.9 Å². The van der Waals surface area contributed by atoms with Crippen LogP contribution in [0.2, 0.25) is 0 Å². The molecule has 2 unspecified atom stereocenters. The number of hydrogen-bond acceptors (Lipinski definition) is 7. The Morgan fingerprint density at radius 2 is 1.82 bits per heavy atom. The Balaban J connectivity index is 1.98. The number of amides is 1. The minimum Gasteiger partial charge on any atom is -0.493 e. The fraction of sp³-hybridized carbons (Fsp3) is 0.375. The van der Waals surface area contributed by atoms with E-state index < -0.39 is 17.9 Å². The summed E-state index contributed by atoms with van der Waals surface area (Å²) in [6.45, 7) is 2.44. The van der Waals surface area contributed by atoms with Gasteiger partial charge >= 0.3 is 5.97 Å². The van der Waals surface area contributed by atoms with Crippen LogP contribution in [0.4, 0.5) is 5.95 Å². The molecule has 0 saturated carbocycles. The molecule has 9 nitrogen and oxygen atoms in total. The van der Waals surface area contributed by atoms with Gasteiger partial charge in [-0.15, -0.1) is 0 Å². The van der Waals surface area contributed by atoms with Gasteiger partial charge in [0.2, 0.25) is 11.9 Å². The Morgan fingerprint density at radius 1 is 1.06 bits per heavy atom. The maximum absolute atomic E-state index is 13.7. The third-order valence-corrected chi connectivity index (χ3v) is 5.75. The van der Waals surface area contributed by atoms with Crippen LogP contribution in [0.15, 0.2) is 42.5 Å². The van der Waals surface area contributed by atoms with Gasteiger partial charge in [-0.2, -0.15) is 0 Å². The topological polar surface area (TPSA) is 92.1 Å². The van der Waals surface area contributed by atoms with E-state index in [0.717, 1.165) is 11.0 Å². The molecule has 0 saturated heterocycles. The lowest BCUT2D eigenvalue weighted by Gasteiger charge is -2.38. The summed E-state index contributed by atoms with van der Waals surface area (Å²) in [5.41, 5.74) is 2.23. The zero-order valence-corrected chi connectivity index (χ0v) is 19.1. The molecule has 4 rings (SSSR count). The van der Waals surface area contributed by atoms with Crippen LogP contribution in [0.3, 0.4) is 0 Å². The second-order valence-electron chi connectivity index (χ2n) is 7.54. The summed E-state index contributed by atoms with van der Waals surface area (Å²) in [5.74, 6) is -0.573. The van der Waals surface area contributed by atoms with E-state index in [1.54, 1.807) is 40.4 Å². The van der Waals surface area contributed by atoms with Gasteiger partial charge in [-0.1, -0.05) is 18.2 Å². The second-order valence-corrected chi connectivity index (χ2v) is 7.54. The van der Waals surface area contributed by atoms with E-state index in [2.05, 4.69) is 0 Å². The molecule has 2 heterocycles. The van der Waals surface area contributed by atoms with Crippen LogP contribution in [0, 0.1) is 5.92 Å². The molecule has 2 atom stereocenters. The van der Waals surface area contributed by atoms with E-state index in [0.29, 0.717) is 29.6 Å². The molecule has 0 radical (unpaired) electrons. The number of anilines is 1. The van der Waals surface area contributed by atoms with Crippen LogP contribution in [0.25, 0.3) is 11.0 Å². The highest BCUT2D eigenvalue weighted by Gasteiger charge is 2.48. The van der Waals surface area contributed by atoms with Crippen LogP contribution in [0.5, 0.6) is 11.5 Å². The van der Waals surface area contributed by atoms with Gasteiger partial charge in [-0.25, -0.2) is 4.98 Å². The number of methoxy groups -OCH3 is 3. The summed E-state index contributed by atoms with van der Waals surface area (Å²) in [6.07, 6.45) is 0. The predicted molar refractivity (Wildman–Crippen MR) is 122 cm³/mol. The Labute approximate surface area is 191 Å². The van der Waals surface area contributed by atoms with E-state index in [1.165, 1.54) is 4.90 Å². The highest BCUT2D eigenvalue weighted by atomic mass is 16.5. The van der Waals surface area contributed by atoms with Crippen molar-refractivity contribution in [1.82, 2.24) is 9.55 Å². The molecule has 0 bridgehead atoms. The largest absolute Gasteiger partial charge is 0.493 e. The van der Waals surface area contributed by atoms with E-state index in [1.807, 2.05) is 34.9 Å². The van der Waals surface area contributed by atoms with Gasteiger partial charge < -0.3 is 23.5 Å². The lowest BCUT2D eigenvalue weighted by atomic mass is 9.89. The Bertz CT molecular complexity index is 1170. The Morgan fingerprint density at radius 3 is 2.52 bits per heavy atom. The van der Waals surface area contributed by atoms with Crippen molar-refractivity contribution in [1.29, 1.82) is 0 Å². The summed E-state index contributed by atoms with van der Waals surface area (Å²) < 4.78 is 23.4. The predicted octanol–water partition coefficient (Wildman–Crippen LogP) is 2.82. The first-order valence-corrected chi connectivity index (χ1v) is 10.7. The maximum Gasteiger partial charge on any atom is 0.321 e. The number of carbonyl (C=O) groups is 2. The molecular weight excluding hydrogens is 426 g/mol. The fourth-order valence-electron chi connectivity index (χ4n) is 4.28. The molecule has 1 aliphatic heterocycles. The van der Waals surface area contributed by atoms with Crippen LogP contribution in [-0.4, -0.2) is 62.5 Å². The lowest BCUT2D eigenvalue weighted by molar-refractivity contribution is -0.153. The van der Waals surface area contributed by atoms with Gasteiger partial charge in [0.1, 0.15) is 0 Å². The summed E-state index contributed by atoms with van der Waals surface area (Å²) in [7, 11) is 4.66. The summed E-state index contributed by atoms with van der Waals surface area (Å²) in [4.78, 5) is 33.1. The fourth-order valence-corrected chi connectivity index (χ4v) is 4.28. The number of ether oxygens (including phenoxy) is 4. The molecule has 0 spiro atoms. The molecular formula is C24H27N3O6. The van der Waals surface area contributed by atoms with Crippen LogP contribution < -0.4 is 14.4 Å².